The lowest BCUT2D eigenvalue weighted by Crippen LogP contribution is -2.52. The predicted octanol–water partition coefficient (Wildman–Crippen LogP) is 2.31. The van der Waals surface area contributed by atoms with Crippen LogP contribution in [0.2, 0.25) is 0 Å². The van der Waals surface area contributed by atoms with Gasteiger partial charge in [-0.3, -0.25) is 9.88 Å². The van der Waals surface area contributed by atoms with Crippen LogP contribution < -0.4 is 5.73 Å². The smallest absolute Gasteiger partial charge is 0.141 e. The molecule has 3 nitrogen and oxygen atoms in total. The molecule has 2 N–H and O–H groups in total. The zero-order valence-electron chi connectivity index (χ0n) is 11.0. The monoisotopic (exact) mass is 251 g/mol. The SMILES string of the molecule is CN(Cc1cncc(F)c1)C1(CN)CCCCC1. The van der Waals surface area contributed by atoms with Gasteiger partial charge >= 0.3 is 0 Å². The minimum Gasteiger partial charge on any atom is -0.329 e. The van der Waals surface area contributed by atoms with E-state index >= 15 is 0 Å². The van der Waals surface area contributed by atoms with Crippen LogP contribution in [0, 0.1) is 5.82 Å². The molecular weight excluding hydrogens is 229 g/mol. The molecule has 0 amide bonds. The van der Waals surface area contributed by atoms with Gasteiger partial charge in [-0.15, -0.1) is 0 Å². The van der Waals surface area contributed by atoms with Crippen molar-refractivity contribution in [3.63, 3.8) is 0 Å². The minimum absolute atomic E-state index is 0.0879. The average molecular weight is 251 g/mol. The van der Waals surface area contributed by atoms with Crippen LogP contribution in [0.5, 0.6) is 0 Å². The third-order valence-corrected chi connectivity index (χ3v) is 4.16. The summed E-state index contributed by atoms with van der Waals surface area (Å²) in [6.07, 6.45) is 9.03. The van der Waals surface area contributed by atoms with Gasteiger partial charge in [0.2, 0.25) is 0 Å². The maximum absolute atomic E-state index is 13.1. The molecule has 0 spiro atoms. The number of aromatic nitrogens is 1. The minimum atomic E-state index is -0.272. The van der Waals surface area contributed by atoms with Crippen LogP contribution >= 0.6 is 0 Å². The van der Waals surface area contributed by atoms with Gasteiger partial charge in [0.05, 0.1) is 6.20 Å². The van der Waals surface area contributed by atoms with Crippen LogP contribution in [0.3, 0.4) is 0 Å². The molecule has 1 aliphatic rings. The summed E-state index contributed by atoms with van der Waals surface area (Å²) in [6, 6.07) is 1.55. The molecular formula is C14H22FN3. The van der Waals surface area contributed by atoms with Crippen LogP contribution in [-0.4, -0.2) is 29.0 Å². The van der Waals surface area contributed by atoms with Crippen molar-refractivity contribution in [1.82, 2.24) is 9.88 Å². The third kappa shape index (κ3) is 2.87. The summed E-state index contributed by atoms with van der Waals surface area (Å²) in [5.41, 5.74) is 6.99. The highest BCUT2D eigenvalue weighted by atomic mass is 19.1. The van der Waals surface area contributed by atoms with E-state index in [0.29, 0.717) is 13.1 Å². The van der Waals surface area contributed by atoms with Crippen molar-refractivity contribution < 1.29 is 4.39 Å². The van der Waals surface area contributed by atoms with Gasteiger partial charge < -0.3 is 5.73 Å². The molecule has 0 radical (unpaired) electrons. The van der Waals surface area contributed by atoms with E-state index in [1.807, 2.05) is 0 Å². The molecule has 0 aliphatic heterocycles. The Morgan fingerprint density at radius 1 is 1.33 bits per heavy atom. The van der Waals surface area contributed by atoms with Gasteiger partial charge in [-0.25, -0.2) is 4.39 Å². The molecule has 0 saturated heterocycles. The Kier molecular flexibility index (Phi) is 4.30. The van der Waals surface area contributed by atoms with Crippen LogP contribution in [0.1, 0.15) is 37.7 Å². The second-order valence-electron chi connectivity index (χ2n) is 5.36. The van der Waals surface area contributed by atoms with Gasteiger partial charge in [-0.1, -0.05) is 19.3 Å². The lowest BCUT2D eigenvalue weighted by atomic mass is 9.80. The molecule has 0 bridgehead atoms. The van der Waals surface area contributed by atoms with Gasteiger partial charge in [-0.2, -0.15) is 0 Å². The number of nitrogens with two attached hydrogens (primary N) is 1. The zero-order valence-corrected chi connectivity index (χ0v) is 11.0. The molecule has 0 aromatic carbocycles. The Bertz CT molecular complexity index is 388. The fraction of sp³-hybridized carbons (Fsp3) is 0.643. The molecule has 100 valence electrons. The number of hydrogen-bond donors (Lipinski definition) is 1. The van der Waals surface area contributed by atoms with Gasteiger partial charge in [0.25, 0.3) is 0 Å². The number of hydrogen-bond acceptors (Lipinski definition) is 3. The number of nitrogens with zero attached hydrogens (tertiary/aromatic N) is 2. The Balaban J connectivity index is 2.07. The molecule has 0 atom stereocenters. The first-order valence-corrected chi connectivity index (χ1v) is 6.67. The van der Waals surface area contributed by atoms with E-state index < -0.39 is 0 Å². The van der Waals surface area contributed by atoms with Gasteiger partial charge in [0.15, 0.2) is 0 Å². The second-order valence-corrected chi connectivity index (χ2v) is 5.36. The van der Waals surface area contributed by atoms with E-state index in [-0.39, 0.29) is 11.4 Å². The molecule has 1 aromatic rings. The van der Waals surface area contributed by atoms with Crippen molar-refractivity contribution in [3.8, 4) is 0 Å². The van der Waals surface area contributed by atoms with Gasteiger partial charge in [0, 0.05) is 24.8 Å². The molecule has 1 aromatic heterocycles. The number of rotatable bonds is 4. The Morgan fingerprint density at radius 2 is 2.06 bits per heavy atom. The molecule has 1 heterocycles. The van der Waals surface area contributed by atoms with E-state index in [2.05, 4.69) is 16.9 Å². The lowest BCUT2D eigenvalue weighted by Gasteiger charge is -2.44. The largest absolute Gasteiger partial charge is 0.329 e. The van der Waals surface area contributed by atoms with Crippen molar-refractivity contribution in [2.45, 2.75) is 44.2 Å². The first-order valence-electron chi connectivity index (χ1n) is 6.67. The zero-order chi connectivity index (χ0) is 13.0. The van der Waals surface area contributed by atoms with Crippen LogP contribution in [0.15, 0.2) is 18.5 Å². The van der Waals surface area contributed by atoms with Crippen molar-refractivity contribution in [2.75, 3.05) is 13.6 Å². The summed E-state index contributed by atoms with van der Waals surface area (Å²) in [4.78, 5) is 6.18. The maximum Gasteiger partial charge on any atom is 0.141 e. The van der Waals surface area contributed by atoms with E-state index in [0.717, 1.165) is 18.4 Å². The molecule has 4 heteroatoms. The van der Waals surface area contributed by atoms with Crippen LogP contribution in [0.25, 0.3) is 0 Å². The molecule has 1 fully saturated rings. The van der Waals surface area contributed by atoms with Gasteiger partial charge in [-0.05, 0) is 31.5 Å². The van der Waals surface area contributed by atoms with E-state index in [1.54, 1.807) is 12.3 Å². The highest BCUT2D eigenvalue weighted by Crippen LogP contribution is 2.32. The standard InChI is InChI=1S/C14H22FN3/c1-18(10-12-7-13(15)9-17-8-12)14(11-16)5-3-2-4-6-14/h7-9H,2-6,10-11,16H2,1H3. The van der Waals surface area contributed by atoms with Crippen molar-refractivity contribution in [2.24, 2.45) is 5.73 Å². The number of pyridine rings is 1. The summed E-state index contributed by atoms with van der Waals surface area (Å²) < 4.78 is 13.1. The molecule has 1 saturated carbocycles. The lowest BCUT2D eigenvalue weighted by molar-refractivity contribution is 0.0757. The van der Waals surface area contributed by atoms with Crippen molar-refractivity contribution in [3.05, 3.63) is 29.8 Å². The quantitative estimate of drug-likeness (QED) is 0.893. The predicted molar refractivity (Wildman–Crippen MR) is 70.5 cm³/mol. The average Bonchev–Trinajstić information content (AvgIpc) is 2.39. The summed E-state index contributed by atoms with van der Waals surface area (Å²) >= 11 is 0. The molecule has 18 heavy (non-hydrogen) atoms. The van der Waals surface area contributed by atoms with E-state index in [4.69, 9.17) is 5.73 Å². The van der Waals surface area contributed by atoms with Crippen molar-refractivity contribution >= 4 is 0 Å². The Hall–Kier alpha value is -1.00. The number of halogens is 1. The first-order chi connectivity index (χ1) is 8.66. The normalized spacial score (nSPS) is 19.1. The summed E-state index contributed by atoms with van der Waals surface area (Å²) in [5, 5.41) is 0. The number of likely N-dealkylation sites (N-methyl/N-ethyl adjacent to an activating group) is 1. The molecule has 1 aliphatic carbocycles. The van der Waals surface area contributed by atoms with Crippen molar-refractivity contribution in [1.29, 1.82) is 0 Å². The first kappa shape index (κ1) is 13.4. The third-order valence-electron chi connectivity index (χ3n) is 4.16. The summed E-state index contributed by atoms with van der Waals surface area (Å²) in [6.45, 7) is 1.38. The maximum atomic E-state index is 13.1. The highest BCUT2D eigenvalue weighted by Gasteiger charge is 2.34. The second kappa shape index (κ2) is 5.76. The van der Waals surface area contributed by atoms with Crippen LogP contribution in [-0.2, 0) is 6.54 Å². The molecule has 0 unspecified atom stereocenters. The van der Waals surface area contributed by atoms with E-state index in [9.17, 15) is 4.39 Å². The Morgan fingerprint density at radius 3 is 2.67 bits per heavy atom. The van der Waals surface area contributed by atoms with Gasteiger partial charge in [0.1, 0.15) is 5.82 Å². The summed E-state index contributed by atoms with van der Waals surface area (Å²) in [7, 11) is 2.09. The topological polar surface area (TPSA) is 42.2 Å². The highest BCUT2D eigenvalue weighted by molar-refractivity contribution is 5.11. The van der Waals surface area contributed by atoms with E-state index in [1.165, 1.54) is 25.5 Å². The Labute approximate surface area is 108 Å². The van der Waals surface area contributed by atoms with Crippen LogP contribution in [0.4, 0.5) is 4.39 Å². The summed E-state index contributed by atoms with van der Waals surface area (Å²) in [5.74, 6) is -0.272. The molecule has 2 rings (SSSR count). The fourth-order valence-electron chi connectivity index (χ4n) is 2.94. The fourth-order valence-corrected chi connectivity index (χ4v) is 2.94.